The van der Waals surface area contributed by atoms with Crippen LogP contribution in [0.4, 0.5) is 10.5 Å². The van der Waals surface area contributed by atoms with Gasteiger partial charge in [0.25, 0.3) is 0 Å². The van der Waals surface area contributed by atoms with Crippen LogP contribution in [0.3, 0.4) is 0 Å². The molecule has 20 heavy (non-hydrogen) atoms. The smallest absolute Gasteiger partial charge is 0.410 e. The third kappa shape index (κ3) is 4.91. The lowest BCUT2D eigenvalue weighted by Crippen LogP contribution is -2.22. The van der Waals surface area contributed by atoms with Gasteiger partial charge in [0.05, 0.1) is 0 Å². The fraction of sp³-hybridized carbons (Fsp3) is 0.467. The fourth-order valence-electron chi connectivity index (χ4n) is 1.76. The molecule has 110 valence electrons. The summed E-state index contributed by atoms with van der Waals surface area (Å²) in [6.07, 6.45) is 3.00. The number of anilines is 1. The highest BCUT2D eigenvalue weighted by atomic mass is 16.6. The molecule has 5 nitrogen and oxygen atoms in total. The third-order valence-electron chi connectivity index (χ3n) is 2.97. The van der Waals surface area contributed by atoms with E-state index in [9.17, 15) is 9.59 Å². The summed E-state index contributed by atoms with van der Waals surface area (Å²) in [5.74, 6) is 0.425. The second kappa shape index (κ2) is 8.19. The van der Waals surface area contributed by atoms with Crippen LogP contribution < -0.4 is 15.4 Å². The minimum Gasteiger partial charge on any atom is -0.410 e. The summed E-state index contributed by atoms with van der Waals surface area (Å²) in [5.41, 5.74) is 1.41. The SMILES string of the molecule is CCCCCC(=O)Nc1cccc(OC(=O)NC)c1C. The molecule has 0 aliphatic carbocycles. The highest BCUT2D eigenvalue weighted by molar-refractivity contribution is 5.92. The summed E-state index contributed by atoms with van der Waals surface area (Å²) in [6.45, 7) is 3.90. The number of hydrogen-bond donors (Lipinski definition) is 2. The first kappa shape index (κ1) is 16.0. The molecule has 0 aliphatic rings. The van der Waals surface area contributed by atoms with Gasteiger partial charge in [-0.2, -0.15) is 0 Å². The van der Waals surface area contributed by atoms with Gasteiger partial charge in [0.2, 0.25) is 5.91 Å². The van der Waals surface area contributed by atoms with Crippen LogP contribution in [0.2, 0.25) is 0 Å². The first-order chi connectivity index (χ1) is 9.58. The molecule has 2 N–H and O–H groups in total. The number of rotatable bonds is 6. The first-order valence-corrected chi connectivity index (χ1v) is 6.87. The fourth-order valence-corrected chi connectivity index (χ4v) is 1.76. The molecule has 0 aliphatic heterocycles. The zero-order chi connectivity index (χ0) is 15.0. The van der Waals surface area contributed by atoms with Crippen LogP contribution in [0.15, 0.2) is 18.2 Å². The Morgan fingerprint density at radius 1 is 1.25 bits per heavy atom. The van der Waals surface area contributed by atoms with E-state index in [1.807, 2.05) is 0 Å². The molecule has 0 saturated heterocycles. The third-order valence-corrected chi connectivity index (χ3v) is 2.97. The number of ether oxygens (including phenoxy) is 1. The summed E-state index contributed by atoms with van der Waals surface area (Å²) < 4.78 is 5.11. The predicted molar refractivity (Wildman–Crippen MR) is 79.0 cm³/mol. The maximum Gasteiger partial charge on any atom is 0.412 e. The van der Waals surface area contributed by atoms with E-state index in [4.69, 9.17) is 4.74 Å². The van der Waals surface area contributed by atoms with Crippen LogP contribution in [0.5, 0.6) is 5.75 Å². The van der Waals surface area contributed by atoms with Gasteiger partial charge in [-0.05, 0) is 25.5 Å². The van der Waals surface area contributed by atoms with Gasteiger partial charge in [-0.25, -0.2) is 4.79 Å². The largest absolute Gasteiger partial charge is 0.412 e. The molecule has 0 spiro atoms. The lowest BCUT2D eigenvalue weighted by molar-refractivity contribution is -0.116. The second-order valence-electron chi connectivity index (χ2n) is 4.57. The number of nitrogens with one attached hydrogen (secondary N) is 2. The van der Waals surface area contributed by atoms with Crippen LogP contribution in [0.25, 0.3) is 0 Å². The molecule has 0 bridgehead atoms. The molecule has 0 atom stereocenters. The van der Waals surface area contributed by atoms with Gasteiger partial charge in [0, 0.05) is 24.7 Å². The van der Waals surface area contributed by atoms with Gasteiger partial charge in [-0.1, -0.05) is 25.8 Å². The van der Waals surface area contributed by atoms with Crippen molar-refractivity contribution in [3.05, 3.63) is 23.8 Å². The average molecular weight is 278 g/mol. The molecule has 0 radical (unpaired) electrons. The molecule has 0 fully saturated rings. The van der Waals surface area contributed by atoms with Crippen LogP contribution in [-0.4, -0.2) is 19.0 Å². The maximum atomic E-state index is 11.8. The Morgan fingerprint density at radius 3 is 2.65 bits per heavy atom. The number of hydrogen-bond acceptors (Lipinski definition) is 3. The van der Waals surface area contributed by atoms with E-state index in [0.29, 0.717) is 17.9 Å². The van der Waals surface area contributed by atoms with E-state index in [1.54, 1.807) is 25.1 Å². The van der Waals surface area contributed by atoms with Crippen LogP contribution >= 0.6 is 0 Å². The number of benzene rings is 1. The molecule has 5 heteroatoms. The van der Waals surface area contributed by atoms with E-state index in [1.165, 1.54) is 7.05 Å². The predicted octanol–water partition coefficient (Wildman–Crippen LogP) is 3.23. The Hall–Kier alpha value is -2.04. The molecule has 0 saturated carbocycles. The summed E-state index contributed by atoms with van der Waals surface area (Å²) in [7, 11) is 1.50. The Bertz CT molecular complexity index is 472. The van der Waals surface area contributed by atoms with Crippen molar-refractivity contribution in [1.29, 1.82) is 0 Å². The molecule has 0 heterocycles. The molecular weight excluding hydrogens is 256 g/mol. The van der Waals surface area contributed by atoms with Gasteiger partial charge in [0.15, 0.2) is 0 Å². The molecule has 1 aromatic rings. The first-order valence-electron chi connectivity index (χ1n) is 6.87. The normalized spacial score (nSPS) is 9.95. The van der Waals surface area contributed by atoms with Crippen LogP contribution in [0, 0.1) is 6.92 Å². The van der Waals surface area contributed by atoms with Gasteiger partial charge < -0.3 is 15.4 Å². The molecule has 1 aromatic carbocycles. The Morgan fingerprint density at radius 2 is 2.00 bits per heavy atom. The molecule has 0 aromatic heterocycles. The van der Waals surface area contributed by atoms with Gasteiger partial charge >= 0.3 is 6.09 Å². The van der Waals surface area contributed by atoms with Crippen molar-refractivity contribution >= 4 is 17.7 Å². The van der Waals surface area contributed by atoms with E-state index >= 15 is 0 Å². The average Bonchev–Trinajstić information content (AvgIpc) is 2.43. The summed E-state index contributed by atoms with van der Waals surface area (Å²) >= 11 is 0. The highest BCUT2D eigenvalue weighted by Crippen LogP contribution is 2.25. The molecular formula is C15H22N2O3. The summed E-state index contributed by atoms with van der Waals surface area (Å²) in [5, 5.41) is 5.24. The van der Waals surface area contributed by atoms with E-state index < -0.39 is 6.09 Å². The van der Waals surface area contributed by atoms with Crippen LogP contribution in [-0.2, 0) is 4.79 Å². The number of amides is 2. The molecule has 1 rings (SSSR count). The van der Waals surface area contributed by atoms with Crippen molar-refractivity contribution in [1.82, 2.24) is 5.32 Å². The van der Waals surface area contributed by atoms with Crippen LogP contribution in [0.1, 0.15) is 38.2 Å². The number of unbranched alkanes of at least 4 members (excludes halogenated alkanes) is 2. The zero-order valence-corrected chi connectivity index (χ0v) is 12.3. The number of carbonyl (C=O) groups is 2. The number of carbonyl (C=O) groups excluding carboxylic acids is 2. The minimum absolute atomic E-state index is 0.0151. The van der Waals surface area contributed by atoms with Crippen molar-refractivity contribution in [2.24, 2.45) is 0 Å². The summed E-state index contributed by atoms with van der Waals surface area (Å²) in [4.78, 5) is 23.0. The molecule has 2 amide bonds. The van der Waals surface area contributed by atoms with Crippen molar-refractivity contribution in [3.63, 3.8) is 0 Å². The Labute approximate surface area is 119 Å². The van der Waals surface area contributed by atoms with E-state index in [-0.39, 0.29) is 5.91 Å². The molecule has 0 unspecified atom stereocenters. The van der Waals surface area contributed by atoms with Gasteiger partial charge in [0.1, 0.15) is 5.75 Å². The zero-order valence-electron chi connectivity index (χ0n) is 12.3. The lowest BCUT2D eigenvalue weighted by atomic mass is 10.1. The van der Waals surface area contributed by atoms with E-state index in [0.717, 1.165) is 24.8 Å². The quantitative estimate of drug-likeness (QED) is 0.785. The second-order valence-corrected chi connectivity index (χ2v) is 4.57. The highest BCUT2D eigenvalue weighted by Gasteiger charge is 2.10. The maximum absolute atomic E-state index is 11.8. The van der Waals surface area contributed by atoms with Gasteiger partial charge in [-0.15, -0.1) is 0 Å². The lowest BCUT2D eigenvalue weighted by Gasteiger charge is -2.12. The Kier molecular flexibility index (Phi) is 6.56. The van der Waals surface area contributed by atoms with E-state index in [2.05, 4.69) is 17.6 Å². The van der Waals surface area contributed by atoms with Gasteiger partial charge in [-0.3, -0.25) is 4.79 Å². The minimum atomic E-state index is -0.528. The van der Waals surface area contributed by atoms with Crippen molar-refractivity contribution < 1.29 is 14.3 Å². The van der Waals surface area contributed by atoms with Crippen molar-refractivity contribution in [3.8, 4) is 5.75 Å². The monoisotopic (exact) mass is 278 g/mol. The van der Waals surface area contributed by atoms with Crippen molar-refractivity contribution in [2.75, 3.05) is 12.4 Å². The summed E-state index contributed by atoms with van der Waals surface area (Å²) in [6, 6.07) is 5.23. The Balaban J connectivity index is 2.68. The topological polar surface area (TPSA) is 67.4 Å². The standard InChI is InChI=1S/C15H22N2O3/c1-4-5-6-10-14(18)17-12-8-7-9-13(11(12)2)20-15(19)16-3/h7-9H,4-6,10H2,1-3H3,(H,16,19)(H,17,18). The van der Waals surface area contributed by atoms with Crippen molar-refractivity contribution in [2.45, 2.75) is 39.5 Å².